The lowest BCUT2D eigenvalue weighted by Crippen LogP contribution is -2.31. The van der Waals surface area contributed by atoms with Gasteiger partial charge in [-0.25, -0.2) is 0 Å². The first-order valence-corrected chi connectivity index (χ1v) is 9.81. The molecule has 4 nitrogen and oxygen atoms in total. The summed E-state index contributed by atoms with van der Waals surface area (Å²) >= 11 is 12.4. The summed E-state index contributed by atoms with van der Waals surface area (Å²) in [6.45, 7) is 4.07. The van der Waals surface area contributed by atoms with Crippen LogP contribution in [0.15, 0.2) is 59.9 Å². The predicted molar refractivity (Wildman–Crippen MR) is 110 cm³/mol. The lowest BCUT2D eigenvalue weighted by Gasteiger charge is -2.28. The first-order valence-electron chi connectivity index (χ1n) is 9.05. The molecular formula is C22H21Cl2NO3. The average molecular weight is 418 g/mol. The largest absolute Gasteiger partial charge is 0.503 e. The summed E-state index contributed by atoms with van der Waals surface area (Å²) in [7, 11) is 0. The summed E-state index contributed by atoms with van der Waals surface area (Å²) in [5.74, 6) is -1.25. The Morgan fingerprint density at radius 2 is 1.82 bits per heavy atom. The van der Waals surface area contributed by atoms with Gasteiger partial charge in [0.1, 0.15) is 0 Å². The molecule has 0 radical (unpaired) electrons. The zero-order valence-electron chi connectivity index (χ0n) is 15.7. The Hall–Kier alpha value is -2.30. The molecule has 0 bridgehead atoms. The van der Waals surface area contributed by atoms with Crippen molar-refractivity contribution in [3.05, 3.63) is 81.0 Å². The van der Waals surface area contributed by atoms with Crippen molar-refractivity contribution in [2.75, 3.05) is 0 Å². The maximum Gasteiger partial charge on any atom is 0.290 e. The molecule has 0 saturated carbocycles. The monoisotopic (exact) mass is 417 g/mol. The topological polar surface area (TPSA) is 57.6 Å². The minimum atomic E-state index is -0.760. The van der Waals surface area contributed by atoms with Crippen molar-refractivity contribution in [3.63, 3.8) is 0 Å². The van der Waals surface area contributed by atoms with Crippen LogP contribution < -0.4 is 0 Å². The molecule has 2 aromatic carbocycles. The molecule has 1 amide bonds. The number of hydrogen-bond donors (Lipinski definition) is 1. The van der Waals surface area contributed by atoms with Gasteiger partial charge in [-0.1, -0.05) is 73.4 Å². The summed E-state index contributed by atoms with van der Waals surface area (Å²) in [6, 6.07) is 13.6. The summed E-state index contributed by atoms with van der Waals surface area (Å²) in [5, 5.41) is 11.4. The van der Waals surface area contributed by atoms with Crippen molar-refractivity contribution in [2.24, 2.45) is 5.92 Å². The second-order valence-electron chi connectivity index (χ2n) is 7.27. The number of benzene rings is 2. The Labute approximate surface area is 174 Å². The third kappa shape index (κ3) is 4.08. The molecule has 0 fully saturated rings. The number of aliphatic hydroxyl groups excluding tert-OH is 1. The molecule has 6 heteroatoms. The quantitative estimate of drug-likeness (QED) is 0.674. The Morgan fingerprint density at radius 1 is 1.14 bits per heavy atom. The summed E-state index contributed by atoms with van der Waals surface area (Å²) in [6.07, 6.45) is 0.230. The average Bonchev–Trinajstić information content (AvgIpc) is 2.87. The van der Waals surface area contributed by atoms with Crippen LogP contribution in [0.25, 0.3) is 0 Å². The Balaban J connectivity index is 2.09. The van der Waals surface area contributed by atoms with Gasteiger partial charge in [0, 0.05) is 23.0 Å². The molecule has 0 spiro atoms. The molecule has 0 saturated heterocycles. The molecule has 3 rings (SSSR count). The zero-order chi connectivity index (χ0) is 20.4. The number of amides is 1. The smallest absolute Gasteiger partial charge is 0.290 e. The van der Waals surface area contributed by atoms with E-state index in [1.807, 2.05) is 44.2 Å². The first-order chi connectivity index (χ1) is 13.3. The van der Waals surface area contributed by atoms with E-state index in [9.17, 15) is 14.7 Å². The molecule has 146 valence electrons. The van der Waals surface area contributed by atoms with Crippen LogP contribution in [0.2, 0.25) is 10.0 Å². The van der Waals surface area contributed by atoms with Gasteiger partial charge in [-0.05, 0) is 29.2 Å². The van der Waals surface area contributed by atoms with Crippen molar-refractivity contribution in [1.29, 1.82) is 0 Å². The first kappa shape index (κ1) is 20.4. The van der Waals surface area contributed by atoms with Gasteiger partial charge in [0.05, 0.1) is 11.6 Å². The molecule has 1 N–H and O–H groups in total. The molecular weight excluding hydrogens is 397 g/mol. The van der Waals surface area contributed by atoms with E-state index in [0.29, 0.717) is 15.6 Å². The molecule has 1 heterocycles. The highest BCUT2D eigenvalue weighted by molar-refractivity contribution is 6.35. The molecule has 0 aromatic heterocycles. The maximum atomic E-state index is 12.9. The van der Waals surface area contributed by atoms with E-state index in [-0.39, 0.29) is 30.2 Å². The summed E-state index contributed by atoms with van der Waals surface area (Å²) in [4.78, 5) is 27.3. The minimum absolute atomic E-state index is 0.0902. The maximum absolute atomic E-state index is 12.9. The van der Waals surface area contributed by atoms with Crippen LogP contribution in [0.5, 0.6) is 0 Å². The number of Topliss-reactive ketones (excluding diaryl/α,β-unsaturated/α-hetero) is 1. The van der Waals surface area contributed by atoms with Crippen LogP contribution in [-0.4, -0.2) is 21.7 Å². The van der Waals surface area contributed by atoms with E-state index in [2.05, 4.69) is 0 Å². The van der Waals surface area contributed by atoms with E-state index in [1.54, 1.807) is 18.2 Å². The highest BCUT2D eigenvalue weighted by Crippen LogP contribution is 2.42. The highest BCUT2D eigenvalue weighted by atomic mass is 35.5. The van der Waals surface area contributed by atoms with Crippen LogP contribution >= 0.6 is 23.2 Å². The van der Waals surface area contributed by atoms with Gasteiger partial charge in [0.2, 0.25) is 0 Å². The number of rotatable bonds is 6. The van der Waals surface area contributed by atoms with Crippen molar-refractivity contribution in [3.8, 4) is 0 Å². The van der Waals surface area contributed by atoms with Crippen LogP contribution in [0.3, 0.4) is 0 Å². The molecule has 1 aliphatic rings. The predicted octanol–water partition coefficient (Wildman–Crippen LogP) is 5.50. The molecule has 1 unspecified atom stereocenters. The van der Waals surface area contributed by atoms with E-state index >= 15 is 0 Å². The molecule has 0 aliphatic carbocycles. The number of ketones is 1. The van der Waals surface area contributed by atoms with Gasteiger partial charge in [-0.2, -0.15) is 0 Å². The normalized spacial score (nSPS) is 17.0. The summed E-state index contributed by atoms with van der Waals surface area (Å²) < 4.78 is 0. The van der Waals surface area contributed by atoms with Gasteiger partial charge in [-0.3, -0.25) is 9.59 Å². The van der Waals surface area contributed by atoms with E-state index in [4.69, 9.17) is 23.2 Å². The van der Waals surface area contributed by atoms with Crippen LogP contribution in [0, 0.1) is 5.92 Å². The van der Waals surface area contributed by atoms with Gasteiger partial charge in [0.15, 0.2) is 11.5 Å². The number of halogens is 2. The van der Waals surface area contributed by atoms with Crippen LogP contribution in [0.1, 0.15) is 37.4 Å². The van der Waals surface area contributed by atoms with Gasteiger partial charge in [-0.15, -0.1) is 0 Å². The SMILES string of the molecule is CC(C)CC(=O)C1=C(O)C(=O)N(Cc2ccccc2)C1c1ccc(Cl)cc1Cl. The van der Waals surface area contributed by atoms with Crippen LogP contribution in [-0.2, 0) is 16.1 Å². The van der Waals surface area contributed by atoms with Gasteiger partial charge >= 0.3 is 0 Å². The number of carbonyl (C=O) groups excluding carboxylic acids is 2. The molecule has 1 atom stereocenters. The standard InChI is InChI=1S/C22H21Cl2NO3/c1-13(2)10-18(26)19-20(16-9-8-15(23)11-17(16)24)25(22(28)21(19)27)12-14-6-4-3-5-7-14/h3-9,11,13,20,27H,10,12H2,1-2H3. The third-order valence-electron chi connectivity index (χ3n) is 4.65. The Morgan fingerprint density at radius 3 is 2.43 bits per heavy atom. The number of hydrogen-bond acceptors (Lipinski definition) is 3. The second-order valence-corrected chi connectivity index (χ2v) is 8.11. The van der Waals surface area contributed by atoms with E-state index < -0.39 is 17.7 Å². The molecule has 28 heavy (non-hydrogen) atoms. The van der Waals surface area contributed by atoms with E-state index in [0.717, 1.165) is 5.56 Å². The van der Waals surface area contributed by atoms with Crippen LogP contribution in [0.4, 0.5) is 0 Å². The Bertz CT molecular complexity index is 938. The summed E-state index contributed by atoms with van der Waals surface area (Å²) in [5.41, 5.74) is 1.54. The van der Waals surface area contributed by atoms with Crippen molar-refractivity contribution in [1.82, 2.24) is 4.90 Å². The van der Waals surface area contributed by atoms with E-state index in [1.165, 1.54) is 4.90 Å². The zero-order valence-corrected chi connectivity index (χ0v) is 17.2. The van der Waals surface area contributed by atoms with Crippen molar-refractivity contribution in [2.45, 2.75) is 32.9 Å². The number of nitrogens with zero attached hydrogens (tertiary/aromatic N) is 1. The minimum Gasteiger partial charge on any atom is -0.503 e. The number of aliphatic hydroxyl groups is 1. The fourth-order valence-electron chi connectivity index (χ4n) is 3.41. The highest BCUT2D eigenvalue weighted by Gasteiger charge is 2.44. The van der Waals surface area contributed by atoms with Gasteiger partial charge < -0.3 is 10.0 Å². The number of carbonyl (C=O) groups is 2. The lowest BCUT2D eigenvalue weighted by atomic mass is 9.92. The van der Waals surface area contributed by atoms with Gasteiger partial charge in [0.25, 0.3) is 5.91 Å². The fraction of sp³-hybridized carbons (Fsp3) is 0.273. The van der Waals surface area contributed by atoms with Crippen molar-refractivity contribution >= 4 is 34.9 Å². The second kappa shape index (κ2) is 8.38. The lowest BCUT2D eigenvalue weighted by molar-refractivity contribution is -0.130. The van der Waals surface area contributed by atoms with Crippen molar-refractivity contribution < 1.29 is 14.7 Å². The Kier molecular flexibility index (Phi) is 6.11. The fourth-order valence-corrected chi connectivity index (χ4v) is 3.92. The third-order valence-corrected chi connectivity index (χ3v) is 5.21. The molecule has 1 aliphatic heterocycles. The molecule has 2 aromatic rings.